The third-order valence-corrected chi connectivity index (χ3v) is 3.90. The first-order valence-corrected chi connectivity index (χ1v) is 5.65. The Balaban J connectivity index is 0.000000853. The van der Waals surface area contributed by atoms with Crippen LogP contribution in [0.4, 0.5) is 0 Å². The minimum absolute atomic E-state index is 0. The highest BCUT2D eigenvalue weighted by atomic mass is 79.9. The average molecular weight is 268 g/mol. The fourth-order valence-corrected chi connectivity index (χ4v) is 3.14. The quantitative estimate of drug-likeness (QED) is 0.696. The summed E-state index contributed by atoms with van der Waals surface area (Å²) in [6.45, 7) is 1.27. The number of rotatable bonds is 0. The predicted molar refractivity (Wildman–Crippen MR) is 68.7 cm³/mol. The Morgan fingerprint density at radius 2 is 1.93 bits per heavy atom. The molecule has 1 fully saturated rings. The van der Waals surface area contributed by atoms with E-state index in [9.17, 15) is 0 Å². The molecule has 1 aromatic rings. The van der Waals surface area contributed by atoms with Gasteiger partial charge in [0.05, 0.1) is 0 Å². The van der Waals surface area contributed by atoms with Gasteiger partial charge in [0.15, 0.2) is 0 Å². The second-order valence-corrected chi connectivity index (χ2v) is 4.70. The normalized spacial score (nSPS) is 29.1. The highest BCUT2D eigenvalue weighted by Crippen LogP contribution is 2.46. The topological polar surface area (TPSA) is 3.24 Å². The van der Waals surface area contributed by atoms with Crippen molar-refractivity contribution in [3.63, 3.8) is 0 Å². The van der Waals surface area contributed by atoms with Crippen molar-refractivity contribution in [3.05, 3.63) is 35.4 Å². The van der Waals surface area contributed by atoms with Crippen LogP contribution in [-0.2, 0) is 0 Å². The summed E-state index contributed by atoms with van der Waals surface area (Å²) in [4.78, 5) is 2.53. The highest BCUT2D eigenvalue weighted by molar-refractivity contribution is 8.93. The van der Waals surface area contributed by atoms with Gasteiger partial charge in [0.2, 0.25) is 0 Å². The van der Waals surface area contributed by atoms with E-state index in [-0.39, 0.29) is 17.0 Å². The van der Waals surface area contributed by atoms with Crippen molar-refractivity contribution in [2.24, 2.45) is 0 Å². The molecule has 2 heteroatoms. The Hall–Kier alpha value is -0.340. The summed E-state index contributed by atoms with van der Waals surface area (Å²) < 4.78 is 0. The molecule has 1 aliphatic carbocycles. The van der Waals surface area contributed by atoms with Crippen molar-refractivity contribution in [2.75, 3.05) is 13.6 Å². The van der Waals surface area contributed by atoms with Crippen molar-refractivity contribution in [2.45, 2.75) is 31.2 Å². The molecule has 0 amide bonds. The van der Waals surface area contributed by atoms with Gasteiger partial charge in [-0.3, -0.25) is 4.90 Å². The van der Waals surface area contributed by atoms with Crippen LogP contribution < -0.4 is 0 Å². The van der Waals surface area contributed by atoms with E-state index in [4.69, 9.17) is 0 Å². The van der Waals surface area contributed by atoms with E-state index in [1.807, 2.05) is 0 Å². The van der Waals surface area contributed by atoms with Crippen LogP contribution in [0.3, 0.4) is 0 Å². The summed E-state index contributed by atoms with van der Waals surface area (Å²) >= 11 is 0. The zero-order valence-electron chi connectivity index (χ0n) is 9.15. The molecule has 1 saturated heterocycles. The zero-order chi connectivity index (χ0) is 9.54. The summed E-state index contributed by atoms with van der Waals surface area (Å²) in [6.07, 6.45) is 4.11. The third kappa shape index (κ3) is 1.74. The van der Waals surface area contributed by atoms with E-state index >= 15 is 0 Å². The molecule has 3 rings (SSSR count). The monoisotopic (exact) mass is 267 g/mol. The predicted octanol–water partition coefficient (Wildman–Crippen LogP) is 3.52. The smallest absolute Gasteiger partial charge is 0.0353 e. The molecule has 0 N–H and O–H groups in total. The van der Waals surface area contributed by atoms with Gasteiger partial charge in [0.25, 0.3) is 0 Å². The maximum Gasteiger partial charge on any atom is 0.0353 e. The summed E-state index contributed by atoms with van der Waals surface area (Å²) in [6, 6.07) is 9.74. The molecule has 2 bridgehead atoms. The van der Waals surface area contributed by atoms with Gasteiger partial charge < -0.3 is 0 Å². The van der Waals surface area contributed by atoms with Crippen LogP contribution in [0, 0.1) is 0 Å². The largest absolute Gasteiger partial charge is 0.299 e. The fraction of sp³-hybridized carbons (Fsp3) is 0.538. The molecule has 0 radical (unpaired) electrons. The standard InChI is InChI=1S/C13H17N.BrH/c1-14-8-4-5-10-9-13(14)12-7-3-2-6-11(10)12;/h2-3,6-7,10,13H,4-5,8-9H2,1H3;1H. The molecule has 2 unspecified atom stereocenters. The number of hydrogen-bond acceptors (Lipinski definition) is 1. The molecule has 2 atom stereocenters. The lowest BCUT2D eigenvalue weighted by molar-refractivity contribution is 0.257. The van der Waals surface area contributed by atoms with Gasteiger partial charge in [-0.15, -0.1) is 17.0 Å². The minimum atomic E-state index is 0. The molecule has 1 aliphatic heterocycles. The van der Waals surface area contributed by atoms with Gasteiger partial charge in [-0.2, -0.15) is 0 Å². The van der Waals surface area contributed by atoms with Gasteiger partial charge in [0.1, 0.15) is 0 Å². The van der Waals surface area contributed by atoms with Crippen molar-refractivity contribution < 1.29 is 0 Å². The minimum Gasteiger partial charge on any atom is -0.299 e. The Morgan fingerprint density at radius 3 is 2.73 bits per heavy atom. The van der Waals surface area contributed by atoms with E-state index in [2.05, 4.69) is 36.2 Å². The third-order valence-electron chi connectivity index (χ3n) is 3.90. The molecule has 0 spiro atoms. The first-order chi connectivity index (χ1) is 6.86. The van der Waals surface area contributed by atoms with Gasteiger partial charge in [-0.05, 0) is 49.9 Å². The lowest BCUT2D eigenvalue weighted by atomic mass is 9.96. The van der Waals surface area contributed by atoms with Gasteiger partial charge >= 0.3 is 0 Å². The number of fused-ring (bicyclic) bond motifs is 5. The van der Waals surface area contributed by atoms with Gasteiger partial charge in [-0.25, -0.2) is 0 Å². The van der Waals surface area contributed by atoms with Crippen LogP contribution in [0.5, 0.6) is 0 Å². The summed E-state index contributed by atoms with van der Waals surface area (Å²) in [5.74, 6) is 0.848. The second-order valence-electron chi connectivity index (χ2n) is 4.70. The molecular weight excluding hydrogens is 250 g/mol. The van der Waals surface area contributed by atoms with Crippen LogP contribution in [0.1, 0.15) is 42.3 Å². The average Bonchev–Trinajstić information content (AvgIpc) is 2.45. The Kier molecular flexibility index (Phi) is 3.17. The molecular formula is C13H18BrN. The number of halogens is 1. The molecule has 0 aromatic heterocycles. The molecule has 2 aliphatic rings. The van der Waals surface area contributed by atoms with Crippen LogP contribution in [0.15, 0.2) is 24.3 Å². The first kappa shape index (κ1) is 11.2. The fourth-order valence-electron chi connectivity index (χ4n) is 3.14. The molecule has 0 saturated carbocycles. The van der Waals surface area contributed by atoms with Crippen LogP contribution in [0.25, 0.3) is 0 Å². The highest BCUT2D eigenvalue weighted by Gasteiger charge is 2.34. The molecule has 1 heterocycles. The Labute approximate surface area is 102 Å². The number of benzene rings is 1. The second kappa shape index (κ2) is 4.26. The van der Waals surface area contributed by atoms with Crippen LogP contribution in [-0.4, -0.2) is 18.5 Å². The molecule has 15 heavy (non-hydrogen) atoms. The number of likely N-dealkylation sites (tertiary alicyclic amines) is 1. The summed E-state index contributed by atoms with van der Waals surface area (Å²) in [5, 5.41) is 0. The first-order valence-electron chi connectivity index (χ1n) is 5.65. The Morgan fingerprint density at radius 1 is 1.20 bits per heavy atom. The Bertz CT molecular complexity index is 350. The SMILES string of the molecule is Br.CN1CCCC2CC1c1ccccc12. The lowest BCUT2D eigenvalue weighted by Crippen LogP contribution is -2.22. The number of hydrogen-bond donors (Lipinski definition) is 0. The van der Waals surface area contributed by atoms with E-state index in [1.165, 1.54) is 25.8 Å². The molecule has 1 aromatic carbocycles. The molecule has 82 valence electrons. The number of nitrogens with zero attached hydrogens (tertiary/aromatic N) is 1. The molecule has 1 nitrogen and oxygen atoms in total. The van der Waals surface area contributed by atoms with Crippen LogP contribution in [0.2, 0.25) is 0 Å². The lowest BCUT2D eigenvalue weighted by Gasteiger charge is -2.24. The van der Waals surface area contributed by atoms with Gasteiger partial charge in [-0.1, -0.05) is 24.3 Å². The maximum atomic E-state index is 2.53. The zero-order valence-corrected chi connectivity index (χ0v) is 10.9. The van der Waals surface area contributed by atoms with Crippen LogP contribution >= 0.6 is 17.0 Å². The van der Waals surface area contributed by atoms with Crippen molar-refractivity contribution in [3.8, 4) is 0 Å². The maximum absolute atomic E-state index is 2.53. The van der Waals surface area contributed by atoms with E-state index in [0.717, 1.165) is 5.92 Å². The van der Waals surface area contributed by atoms with E-state index in [0.29, 0.717) is 6.04 Å². The van der Waals surface area contributed by atoms with Crippen molar-refractivity contribution in [1.29, 1.82) is 0 Å². The van der Waals surface area contributed by atoms with Gasteiger partial charge in [0, 0.05) is 6.04 Å². The van der Waals surface area contributed by atoms with Crippen molar-refractivity contribution in [1.82, 2.24) is 4.90 Å². The summed E-state index contributed by atoms with van der Waals surface area (Å²) in [5.41, 5.74) is 3.23. The van der Waals surface area contributed by atoms with E-state index in [1.54, 1.807) is 11.1 Å². The van der Waals surface area contributed by atoms with Crippen molar-refractivity contribution >= 4 is 17.0 Å². The van der Waals surface area contributed by atoms with E-state index < -0.39 is 0 Å². The summed E-state index contributed by atoms with van der Waals surface area (Å²) in [7, 11) is 2.27.